The summed E-state index contributed by atoms with van der Waals surface area (Å²) in [7, 11) is 0. The number of aliphatic hydroxyl groups excluding tert-OH is 6. The summed E-state index contributed by atoms with van der Waals surface area (Å²) in [5.74, 6) is -4.74. The van der Waals surface area contributed by atoms with Gasteiger partial charge in [-0.3, -0.25) is 9.59 Å². The van der Waals surface area contributed by atoms with Crippen molar-refractivity contribution in [1.29, 1.82) is 0 Å². The molecule has 2 aliphatic rings. The Bertz CT molecular complexity index is 1590. The molecule has 0 aliphatic carbocycles. The van der Waals surface area contributed by atoms with E-state index in [-0.39, 0.29) is 54.8 Å². The fraction of sp³-hybridized carbons (Fsp3) is 0.688. The number of Topliss-reactive ketones (excluding diaryl/α,β-unsaturated/α-hetero) is 1. The molecule has 0 aromatic rings. The molecular formula is C48H76O12. The van der Waals surface area contributed by atoms with Crippen LogP contribution in [-0.4, -0.2) is 108 Å². The highest BCUT2D eigenvalue weighted by Crippen LogP contribution is 2.37. The summed E-state index contributed by atoms with van der Waals surface area (Å²) in [6, 6.07) is 0. The highest BCUT2D eigenvalue weighted by Gasteiger charge is 2.41. The molecule has 0 radical (unpaired) electrons. The van der Waals surface area contributed by atoms with Crippen LogP contribution in [0, 0.1) is 29.6 Å². The van der Waals surface area contributed by atoms with Crippen molar-refractivity contribution >= 4 is 17.5 Å². The molecule has 2 heterocycles. The summed E-state index contributed by atoms with van der Waals surface area (Å²) in [5.41, 5.74) is 1.60. The van der Waals surface area contributed by atoms with Gasteiger partial charge in [0, 0.05) is 54.9 Å². The number of allylic oxidation sites excluding steroid dienone is 6. The topological polar surface area (TPSA) is 211 Å². The van der Waals surface area contributed by atoms with E-state index in [2.05, 4.69) is 0 Å². The van der Waals surface area contributed by atoms with E-state index in [1.807, 2.05) is 45.9 Å². The number of aliphatic hydroxyl groups is 7. The molecule has 2 aliphatic heterocycles. The summed E-state index contributed by atoms with van der Waals surface area (Å²) < 4.78 is 12.1. The van der Waals surface area contributed by atoms with E-state index in [0.717, 1.165) is 6.08 Å². The Balaban J connectivity index is 2.40. The Morgan fingerprint density at radius 1 is 0.950 bits per heavy atom. The lowest BCUT2D eigenvalue weighted by atomic mass is 9.85. The van der Waals surface area contributed by atoms with E-state index in [1.165, 1.54) is 13.0 Å². The quantitative estimate of drug-likeness (QED) is 0.101. The van der Waals surface area contributed by atoms with Crippen LogP contribution in [0.1, 0.15) is 127 Å². The van der Waals surface area contributed by atoms with Crippen LogP contribution in [0.15, 0.2) is 70.9 Å². The van der Waals surface area contributed by atoms with Crippen LogP contribution in [-0.2, 0) is 23.9 Å². The monoisotopic (exact) mass is 845 g/mol. The second kappa shape index (κ2) is 25.1. The second-order valence-corrected chi connectivity index (χ2v) is 17.9. The van der Waals surface area contributed by atoms with Gasteiger partial charge in [-0.05, 0) is 77.4 Å². The standard InChI is InChI=1S/C48H76O12/c1-11-38(49)36(10)41(52)26-43(54)42(53)23-29(3)22-32(6)45-27-40(51)31(5)16-14-12-13-15-30(4)39(50)25-37-18-17-35(9)48(58,60-37)20-19-28(2)21-33(7)46(56)44(55)24-34(8)47(57)59-45/h12-14,16,19,21,23-24,30-32,35-38,40-43,45-46,49,51-54,56,58H,11,15,17-18,20,22,25-27H2,1-10H3. The summed E-state index contributed by atoms with van der Waals surface area (Å²) in [4.78, 5) is 39.8. The van der Waals surface area contributed by atoms with Crippen LogP contribution in [0.25, 0.3) is 0 Å². The molecule has 1 saturated heterocycles. The van der Waals surface area contributed by atoms with Crippen molar-refractivity contribution in [1.82, 2.24) is 0 Å². The lowest BCUT2D eigenvalue weighted by Gasteiger charge is -2.41. The summed E-state index contributed by atoms with van der Waals surface area (Å²) >= 11 is 0. The Morgan fingerprint density at radius 3 is 2.27 bits per heavy atom. The molecule has 0 amide bonds. The van der Waals surface area contributed by atoms with Crippen LogP contribution < -0.4 is 0 Å². The first-order valence-corrected chi connectivity index (χ1v) is 21.8. The normalized spacial score (nSPS) is 32.1. The van der Waals surface area contributed by atoms with Gasteiger partial charge in [0.15, 0.2) is 11.6 Å². The first-order valence-electron chi connectivity index (χ1n) is 21.8. The van der Waals surface area contributed by atoms with Crippen LogP contribution in [0.2, 0.25) is 0 Å². The first-order chi connectivity index (χ1) is 28.0. The molecule has 12 nitrogen and oxygen atoms in total. The van der Waals surface area contributed by atoms with Crippen molar-refractivity contribution < 1.29 is 59.6 Å². The highest BCUT2D eigenvalue weighted by molar-refractivity contribution is 6.02. The van der Waals surface area contributed by atoms with Gasteiger partial charge < -0.3 is 45.2 Å². The maximum Gasteiger partial charge on any atom is 0.334 e. The molecule has 12 heteroatoms. The zero-order valence-corrected chi connectivity index (χ0v) is 37.7. The van der Waals surface area contributed by atoms with Crippen molar-refractivity contribution in [3.05, 3.63) is 70.9 Å². The lowest BCUT2D eigenvalue weighted by Crippen LogP contribution is -2.47. The van der Waals surface area contributed by atoms with Crippen LogP contribution in [0.5, 0.6) is 0 Å². The van der Waals surface area contributed by atoms with Crippen molar-refractivity contribution in [2.45, 2.75) is 182 Å². The minimum atomic E-state index is -1.56. The van der Waals surface area contributed by atoms with Gasteiger partial charge in [0.05, 0.1) is 36.6 Å². The number of carbonyl (C=O) groups is 3. The molecule has 14 atom stereocenters. The van der Waals surface area contributed by atoms with Crippen molar-refractivity contribution in [3.63, 3.8) is 0 Å². The van der Waals surface area contributed by atoms with Crippen molar-refractivity contribution in [2.75, 3.05) is 0 Å². The zero-order chi connectivity index (χ0) is 45.5. The molecule has 0 spiro atoms. The molecule has 0 saturated carbocycles. The molecule has 14 unspecified atom stereocenters. The minimum Gasteiger partial charge on any atom is -0.459 e. The number of hydrogen-bond donors (Lipinski definition) is 7. The van der Waals surface area contributed by atoms with Gasteiger partial charge in [0.25, 0.3) is 0 Å². The van der Waals surface area contributed by atoms with E-state index in [9.17, 15) is 50.1 Å². The highest BCUT2D eigenvalue weighted by atomic mass is 16.6. The minimum absolute atomic E-state index is 0.0322. The van der Waals surface area contributed by atoms with E-state index >= 15 is 0 Å². The van der Waals surface area contributed by atoms with E-state index in [1.54, 1.807) is 52.8 Å². The van der Waals surface area contributed by atoms with E-state index in [4.69, 9.17) is 9.47 Å². The largest absolute Gasteiger partial charge is 0.459 e. The Hall–Kier alpha value is -3.07. The van der Waals surface area contributed by atoms with Crippen molar-refractivity contribution in [2.24, 2.45) is 29.6 Å². The van der Waals surface area contributed by atoms with Crippen LogP contribution >= 0.6 is 0 Å². The maximum absolute atomic E-state index is 13.5. The zero-order valence-electron chi connectivity index (χ0n) is 37.7. The average Bonchev–Trinajstić information content (AvgIpc) is 3.19. The number of carbonyl (C=O) groups excluding carboxylic acids is 3. The first kappa shape index (κ1) is 53.1. The molecule has 340 valence electrons. The maximum atomic E-state index is 13.5. The Morgan fingerprint density at radius 2 is 1.62 bits per heavy atom. The van der Waals surface area contributed by atoms with Crippen LogP contribution in [0.4, 0.5) is 0 Å². The van der Waals surface area contributed by atoms with Gasteiger partial charge in [0.2, 0.25) is 0 Å². The van der Waals surface area contributed by atoms with Gasteiger partial charge in [-0.15, -0.1) is 0 Å². The second-order valence-electron chi connectivity index (χ2n) is 17.9. The smallest absolute Gasteiger partial charge is 0.334 e. The molecule has 1 fully saturated rings. The van der Waals surface area contributed by atoms with E-state index in [0.29, 0.717) is 48.8 Å². The molecule has 0 aromatic heterocycles. The third-order valence-corrected chi connectivity index (χ3v) is 12.3. The van der Waals surface area contributed by atoms with Gasteiger partial charge in [0.1, 0.15) is 18.0 Å². The summed E-state index contributed by atoms with van der Waals surface area (Å²) in [5, 5.41) is 75.7. The van der Waals surface area contributed by atoms with Gasteiger partial charge in [-0.2, -0.15) is 0 Å². The third kappa shape index (κ3) is 17.0. The number of esters is 1. The molecule has 7 N–H and O–H groups in total. The molecule has 2 bridgehead atoms. The summed E-state index contributed by atoms with van der Waals surface area (Å²) in [6.07, 6.45) is 7.81. The van der Waals surface area contributed by atoms with E-state index < -0.39 is 78.2 Å². The Labute approximate surface area is 358 Å². The van der Waals surface area contributed by atoms with Gasteiger partial charge in [-0.25, -0.2) is 4.79 Å². The molecule has 2 rings (SSSR count). The third-order valence-electron chi connectivity index (χ3n) is 12.3. The van der Waals surface area contributed by atoms with Crippen molar-refractivity contribution in [3.8, 4) is 0 Å². The number of rotatable bonds is 10. The summed E-state index contributed by atoms with van der Waals surface area (Å²) in [6.45, 7) is 17.4. The predicted octanol–water partition coefficient (Wildman–Crippen LogP) is 5.91. The van der Waals surface area contributed by atoms with Gasteiger partial charge >= 0.3 is 5.97 Å². The fourth-order valence-electron chi connectivity index (χ4n) is 7.60. The number of ether oxygens (including phenoxy) is 2. The Kier molecular flexibility index (Phi) is 22.2. The number of ketones is 2. The number of fused-ring (bicyclic) bond motifs is 2. The SMILES string of the molecule is CCC(O)C(C)C(O)CC(O)C(O)C=C(C)CC(C)C1CC(O)C(C)C=CC=CCC(C)C(=O)CC2CCC(C)C(O)(CC=C(C)C=C(C)C(O)C(=O)C=C(C)C(=O)O1)O2. The van der Waals surface area contributed by atoms with Crippen LogP contribution in [0.3, 0.4) is 0 Å². The number of cyclic esters (lactones) is 1. The van der Waals surface area contributed by atoms with Gasteiger partial charge in [-0.1, -0.05) is 95.2 Å². The average molecular weight is 845 g/mol. The lowest BCUT2D eigenvalue weighted by molar-refractivity contribution is -0.277. The molecule has 60 heavy (non-hydrogen) atoms. The molecular weight excluding hydrogens is 769 g/mol. The predicted molar refractivity (Wildman–Crippen MR) is 232 cm³/mol. The fourth-order valence-corrected chi connectivity index (χ4v) is 7.60. The molecule has 0 aromatic carbocycles. The number of hydrogen-bond acceptors (Lipinski definition) is 12.